The molecule has 0 radical (unpaired) electrons. The van der Waals surface area contributed by atoms with Crippen LogP contribution in [0.4, 0.5) is 4.39 Å². The second-order valence-electron chi connectivity index (χ2n) is 7.68. The van der Waals surface area contributed by atoms with Crippen LogP contribution in [0.5, 0.6) is 0 Å². The summed E-state index contributed by atoms with van der Waals surface area (Å²) in [7, 11) is 1.54. The molecule has 2 aromatic rings. The first-order valence-corrected chi connectivity index (χ1v) is 11.1. The zero-order valence-electron chi connectivity index (χ0n) is 17.3. The van der Waals surface area contributed by atoms with Crippen molar-refractivity contribution in [1.82, 2.24) is 10.2 Å². The lowest BCUT2D eigenvalue weighted by atomic mass is 9.92. The van der Waals surface area contributed by atoms with Gasteiger partial charge in [-0.2, -0.15) is 0 Å². The lowest BCUT2D eigenvalue weighted by Crippen LogP contribution is -2.49. The maximum atomic E-state index is 14.5. The fourth-order valence-corrected chi connectivity index (χ4v) is 5.07. The molecule has 29 heavy (non-hydrogen) atoms. The highest BCUT2D eigenvalue weighted by Gasteiger charge is 2.35. The van der Waals surface area contributed by atoms with Crippen molar-refractivity contribution in [3.8, 4) is 0 Å². The molecule has 1 fully saturated rings. The highest BCUT2D eigenvalue weighted by Crippen LogP contribution is 2.36. The molecule has 0 saturated carbocycles. The normalized spacial score (nSPS) is 19.5. The van der Waals surface area contributed by atoms with Gasteiger partial charge in [0, 0.05) is 41.9 Å². The molecule has 5 nitrogen and oxygen atoms in total. The zero-order valence-corrected chi connectivity index (χ0v) is 18.1. The van der Waals surface area contributed by atoms with Gasteiger partial charge in [-0.1, -0.05) is 19.4 Å². The third-order valence-electron chi connectivity index (χ3n) is 5.59. The first kappa shape index (κ1) is 21.7. The van der Waals surface area contributed by atoms with E-state index in [1.807, 2.05) is 13.0 Å². The van der Waals surface area contributed by atoms with E-state index in [1.165, 1.54) is 17.4 Å². The van der Waals surface area contributed by atoms with Gasteiger partial charge in [0.15, 0.2) is 0 Å². The van der Waals surface area contributed by atoms with E-state index < -0.39 is 0 Å². The number of amides is 2. The summed E-state index contributed by atoms with van der Waals surface area (Å²) in [6.45, 7) is 5.32. The SMILES string of the molecule is CCCCNC(=O)C1CCC(C)N(C(=O)c2sc3cccc(F)c3c2COC)C1. The topological polar surface area (TPSA) is 58.6 Å². The molecule has 1 N–H and O–H groups in total. The number of methoxy groups -OCH3 is 1. The van der Waals surface area contributed by atoms with Crippen molar-refractivity contribution in [2.45, 2.75) is 52.2 Å². The van der Waals surface area contributed by atoms with E-state index >= 15 is 0 Å². The van der Waals surface area contributed by atoms with Crippen LogP contribution in [0, 0.1) is 11.7 Å². The fourth-order valence-electron chi connectivity index (χ4n) is 3.89. The number of ether oxygens (including phenoxy) is 1. The van der Waals surface area contributed by atoms with Crippen LogP contribution in [-0.4, -0.2) is 43.0 Å². The third kappa shape index (κ3) is 4.61. The molecule has 3 rings (SSSR count). The molecule has 7 heteroatoms. The second-order valence-corrected chi connectivity index (χ2v) is 8.73. The summed E-state index contributed by atoms with van der Waals surface area (Å²) in [5.41, 5.74) is 0.595. The number of piperidine rings is 1. The Labute approximate surface area is 175 Å². The Morgan fingerprint density at radius 1 is 1.34 bits per heavy atom. The zero-order chi connectivity index (χ0) is 21.0. The fraction of sp³-hybridized carbons (Fsp3) is 0.545. The lowest BCUT2D eigenvalue weighted by Gasteiger charge is -2.37. The molecule has 1 saturated heterocycles. The standard InChI is InChI=1S/C22H29FN2O3S/c1-4-5-11-24-21(26)15-10-9-14(2)25(12-15)22(27)20-16(13-28-3)19-17(23)7-6-8-18(19)29-20/h6-8,14-15H,4-5,9-13H2,1-3H3,(H,24,26). The van der Waals surface area contributed by atoms with Gasteiger partial charge in [0.2, 0.25) is 5.91 Å². The quantitative estimate of drug-likeness (QED) is 0.678. The van der Waals surface area contributed by atoms with Gasteiger partial charge in [0.25, 0.3) is 5.91 Å². The van der Waals surface area contributed by atoms with E-state index in [1.54, 1.807) is 18.1 Å². The van der Waals surface area contributed by atoms with E-state index in [4.69, 9.17) is 4.74 Å². The molecule has 0 aliphatic carbocycles. The molecule has 158 valence electrons. The minimum Gasteiger partial charge on any atom is -0.380 e. The van der Waals surface area contributed by atoms with Crippen molar-refractivity contribution in [1.29, 1.82) is 0 Å². The molecule has 2 atom stereocenters. The van der Waals surface area contributed by atoms with Gasteiger partial charge in [-0.05, 0) is 38.3 Å². The second kappa shape index (κ2) is 9.67. The first-order valence-electron chi connectivity index (χ1n) is 10.2. The average molecular weight is 421 g/mol. The van der Waals surface area contributed by atoms with Gasteiger partial charge in [-0.3, -0.25) is 9.59 Å². The Hall–Kier alpha value is -1.99. The molecule has 0 spiro atoms. The first-order chi connectivity index (χ1) is 14.0. The van der Waals surface area contributed by atoms with Gasteiger partial charge in [0.1, 0.15) is 5.82 Å². The van der Waals surface area contributed by atoms with E-state index in [2.05, 4.69) is 12.2 Å². The number of rotatable bonds is 7. The van der Waals surface area contributed by atoms with E-state index in [9.17, 15) is 14.0 Å². The monoisotopic (exact) mass is 420 g/mol. The Morgan fingerprint density at radius 3 is 2.86 bits per heavy atom. The summed E-state index contributed by atoms with van der Waals surface area (Å²) in [5.74, 6) is -0.674. The van der Waals surface area contributed by atoms with E-state index in [0.717, 1.165) is 30.4 Å². The summed E-state index contributed by atoms with van der Waals surface area (Å²) in [6.07, 6.45) is 3.52. The Bertz CT molecular complexity index is 882. The summed E-state index contributed by atoms with van der Waals surface area (Å²) < 4.78 is 20.5. The van der Waals surface area contributed by atoms with Gasteiger partial charge in [0.05, 0.1) is 17.4 Å². The van der Waals surface area contributed by atoms with Gasteiger partial charge in [-0.25, -0.2) is 4.39 Å². The Balaban J connectivity index is 1.85. The van der Waals surface area contributed by atoms with E-state index in [-0.39, 0.29) is 36.2 Å². The number of nitrogens with zero attached hydrogens (tertiary/aromatic N) is 1. The summed E-state index contributed by atoms with van der Waals surface area (Å²) >= 11 is 1.30. The Morgan fingerprint density at radius 2 is 2.14 bits per heavy atom. The Kier molecular flexibility index (Phi) is 7.24. The third-order valence-corrected chi connectivity index (χ3v) is 6.77. The summed E-state index contributed by atoms with van der Waals surface area (Å²) in [4.78, 5) is 28.2. The number of nitrogens with one attached hydrogen (secondary N) is 1. The highest BCUT2D eigenvalue weighted by molar-refractivity contribution is 7.21. The number of hydrogen-bond acceptors (Lipinski definition) is 4. The van der Waals surface area contributed by atoms with Crippen molar-refractivity contribution in [2.75, 3.05) is 20.2 Å². The molecule has 1 aromatic carbocycles. The molecule has 0 bridgehead atoms. The van der Waals surface area contributed by atoms with E-state index in [0.29, 0.717) is 28.9 Å². The minimum atomic E-state index is -0.343. The molecular formula is C22H29FN2O3S. The number of benzene rings is 1. The molecule has 1 aromatic heterocycles. The van der Waals surface area contributed by atoms with Gasteiger partial charge < -0.3 is 15.0 Å². The number of likely N-dealkylation sites (tertiary alicyclic amines) is 1. The molecule has 2 unspecified atom stereocenters. The molecule has 2 heterocycles. The molecule has 2 amide bonds. The van der Waals surface area contributed by atoms with Crippen LogP contribution < -0.4 is 5.32 Å². The smallest absolute Gasteiger partial charge is 0.264 e. The van der Waals surface area contributed by atoms with Crippen molar-refractivity contribution >= 4 is 33.2 Å². The number of halogens is 1. The summed E-state index contributed by atoms with van der Waals surface area (Å²) in [6, 6.07) is 4.91. The van der Waals surface area contributed by atoms with Crippen molar-refractivity contribution < 1.29 is 18.7 Å². The van der Waals surface area contributed by atoms with Crippen molar-refractivity contribution in [3.05, 3.63) is 34.5 Å². The van der Waals surface area contributed by atoms with Crippen LogP contribution in [0.3, 0.4) is 0 Å². The average Bonchev–Trinajstić information content (AvgIpc) is 3.08. The molecular weight excluding hydrogens is 391 g/mol. The largest absolute Gasteiger partial charge is 0.380 e. The predicted molar refractivity (Wildman–Crippen MR) is 114 cm³/mol. The van der Waals surface area contributed by atoms with Crippen LogP contribution >= 0.6 is 11.3 Å². The van der Waals surface area contributed by atoms with Gasteiger partial charge in [-0.15, -0.1) is 11.3 Å². The van der Waals surface area contributed by atoms with Crippen LogP contribution in [0.2, 0.25) is 0 Å². The number of unbranched alkanes of at least 4 members (excludes halogenated alkanes) is 1. The maximum Gasteiger partial charge on any atom is 0.264 e. The van der Waals surface area contributed by atoms with Crippen LogP contribution in [0.15, 0.2) is 18.2 Å². The van der Waals surface area contributed by atoms with Crippen molar-refractivity contribution in [2.24, 2.45) is 5.92 Å². The molecule has 1 aliphatic rings. The lowest BCUT2D eigenvalue weighted by molar-refractivity contribution is -0.126. The van der Waals surface area contributed by atoms with Crippen LogP contribution in [0.25, 0.3) is 10.1 Å². The summed E-state index contributed by atoms with van der Waals surface area (Å²) in [5, 5.41) is 3.44. The number of carbonyl (C=O) groups excluding carboxylic acids is 2. The number of carbonyl (C=O) groups is 2. The molecule has 1 aliphatic heterocycles. The van der Waals surface area contributed by atoms with Gasteiger partial charge >= 0.3 is 0 Å². The number of thiophene rings is 1. The number of hydrogen-bond donors (Lipinski definition) is 1. The minimum absolute atomic E-state index is 0.0163. The maximum absolute atomic E-state index is 14.5. The van der Waals surface area contributed by atoms with Crippen molar-refractivity contribution in [3.63, 3.8) is 0 Å². The predicted octanol–water partition coefficient (Wildman–Crippen LogP) is 4.34. The number of fused-ring (bicyclic) bond motifs is 1. The van der Waals surface area contributed by atoms with Crippen LogP contribution in [0.1, 0.15) is 54.8 Å². The van der Waals surface area contributed by atoms with Crippen LogP contribution in [-0.2, 0) is 16.1 Å². The highest BCUT2D eigenvalue weighted by atomic mass is 32.1.